The Bertz CT molecular complexity index is 382. The highest BCUT2D eigenvalue weighted by atomic mass is 19.3. The van der Waals surface area contributed by atoms with Crippen molar-refractivity contribution >= 4 is 11.7 Å². The molecule has 88 valence electrons. The van der Waals surface area contributed by atoms with Gasteiger partial charge in [-0.1, -0.05) is 12.1 Å². The summed E-state index contributed by atoms with van der Waals surface area (Å²) in [5.41, 5.74) is 5.74. The topological polar surface area (TPSA) is 72.5 Å². The third-order valence-corrected chi connectivity index (χ3v) is 1.90. The minimum absolute atomic E-state index is 0.0886. The van der Waals surface area contributed by atoms with Gasteiger partial charge in [-0.05, 0) is 11.6 Å². The largest absolute Gasteiger partial charge is 0.478 e. The van der Waals surface area contributed by atoms with Crippen LogP contribution in [0.15, 0.2) is 18.2 Å². The average molecular weight is 231 g/mol. The molecule has 0 fully saturated rings. The fraction of sp³-hybridized carbons (Fsp3) is 0.300. The predicted octanol–water partition coefficient (Wildman–Crippen LogP) is 1.75. The highest BCUT2D eigenvalue weighted by Crippen LogP contribution is 2.18. The molecule has 0 aromatic heterocycles. The number of nitrogen functional groups attached to an aromatic ring is 1. The van der Waals surface area contributed by atoms with Crippen LogP contribution in [0.2, 0.25) is 0 Å². The standard InChI is InChI=1S/C10H11F2NO3/c11-8(12)5-16-4-6-2-1-3-7(13)9(6)10(14)15/h1-3,8H,4-5,13H2,(H,14,15). The molecule has 1 aromatic rings. The van der Waals surface area contributed by atoms with E-state index in [9.17, 15) is 13.6 Å². The number of carboxylic acids is 1. The Kier molecular flexibility index (Phi) is 4.19. The number of nitrogens with two attached hydrogens (primary N) is 1. The second kappa shape index (κ2) is 5.41. The molecule has 16 heavy (non-hydrogen) atoms. The second-order valence-corrected chi connectivity index (χ2v) is 3.09. The average Bonchev–Trinajstić information content (AvgIpc) is 2.16. The van der Waals surface area contributed by atoms with E-state index in [1.165, 1.54) is 12.1 Å². The van der Waals surface area contributed by atoms with E-state index < -0.39 is 19.0 Å². The molecule has 1 rings (SSSR count). The number of benzene rings is 1. The summed E-state index contributed by atoms with van der Waals surface area (Å²) in [5, 5.41) is 8.87. The lowest BCUT2D eigenvalue weighted by atomic mass is 10.1. The quantitative estimate of drug-likeness (QED) is 0.757. The molecule has 0 aliphatic heterocycles. The maximum Gasteiger partial charge on any atom is 0.338 e. The van der Waals surface area contributed by atoms with Crippen molar-refractivity contribution in [2.24, 2.45) is 0 Å². The van der Waals surface area contributed by atoms with E-state index in [4.69, 9.17) is 10.8 Å². The molecule has 0 aliphatic carbocycles. The van der Waals surface area contributed by atoms with E-state index in [0.29, 0.717) is 0 Å². The molecule has 3 N–H and O–H groups in total. The molecule has 4 nitrogen and oxygen atoms in total. The van der Waals surface area contributed by atoms with Gasteiger partial charge >= 0.3 is 5.97 Å². The zero-order chi connectivity index (χ0) is 12.1. The summed E-state index contributed by atoms with van der Waals surface area (Å²) in [7, 11) is 0. The van der Waals surface area contributed by atoms with Crippen molar-refractivity contribution in [1.82, 2.24) is 0 Å². The highest BCUT2D eigenvalue weighted by molar-refractivity contribution is 5.95. The van der Waals surface area contributed by atoms with Crippen LogP contribution in [-0.2, 0) is 11.3 Å². The van der Waals surface area contributed by atoms with Crippen LogP contribution >= 0.6 is 0 Å². The third-order valence-electron chi connectivity index (χ3n) is 1.90. The zero-order valence-corrected chi connectivity index (χ0v) is 8.32. The van der Waals surface area contributed by atoms with Gasteiger partial charge in [-0.25, -0.2) is 13.6 Å². The molecule has 0 bridgehead atoms. The summed E-state index contributed by atoms with van der Waals surface area (Å²) in [6, 6.07) is 4.45. The predicted molar refractivity (Wildman–Crippen MR) is 53.5 cm³/mol. The lowest BCUT2D eigenvalue weighted by Crippen LogP contribution is -2.10. The monoisotopic (exact) mass is 231 g/mol. The van der Waals surface area contributed by atoms with Gasteiger partial charge in [0.2, 0.25) is 0 Å². The van der Waals surface area contributed by atoms with Gasteiger partial charge in [0.1, 0.15) is 6.61 Å². The Morgan fingerprint density at radius 3 is 2.75 bits per heavy atom. The van der Waals surface area contributed by atoms with Crippen molar-refractivity contribution in [1.29, 1.82) is 0 Å². The lowest BCUT2D eigenvalue weighted by Gasteiger charge is -2.09. The number of hydrogen-bond acceptors (Lipinski definition) is 3. The first-order chi connectivity index (χ1) is 7.52. The van der Waals surface area contributed by atoms with Crippen molar-refractivity contribution < 1.29 is 23.4 Å². The number of ether oxygens (including phenoxy) is 1. The molecule has 0 spiro atoms. The zero-order valence-electron chi connectivity index (χ0n) is 8.32. The molecule has 0 heterocycles. The smallest absolute Gasteiger partial charge is 0.338 e. The first-order valence-corrected chi connectivity index (χ1v) is 4.49. The van der Waals surface area contributed by atoms with Gasteiger partial charge in [0.25, 0.3) is 6.43 Å². The van der Waals surface area contributed by atoms with Gasteiger partial charge in [0.15, 0.2) is 0 Å². The van der Waals surface area contributed by atoms with Gasteiger partial charge in [-0.2, -0.15) is 0 Å². The second-order valence-electron chi connectivity index (χ2n) is 3.09. The Labute approximate surface area is 90.6 Å². The third kappa shape index (κ3) is 3.16. The van der Waals surface area contributed by atoms with Crippen LogP contribution in [0.1, 0.15) is 15.9 Å². The van der Waals surface area contributed by atoms with Crippen molar-refractivity contribution in [3.05, 3.63) is 29.3 Å². The molecular formula is C10H11F2NO3. The first-order valence-electron chi connectivity index (χ1n) is 4.49. The van der Waals surface area contributed by atoms with Crippen LogP contribution in [0.5, 0.6) is 0 Å². The molecule has 0 amide bonds. The van der Waals surface area contributed by atoms with Crippen molar-refractivity contribution in [2.45, 2.75) is 13.0 Å². The number of rotatable bonds is 5. The summed E-state index contributed by atoms with van der Waals surface area (Å²) in [6.45, 7) is -0.926. The van der Waals surface area contributed by atoms with E-state index in [-0.39, 0.29) is 23.4 Å². The van der Waals surface area contributed by atoms with Crippen LogP contribution in [0, 0.1) is 0 Å². The molecule has 0 saturated heterocycles. The van der Waals surface area contributed by atoms with Gasteiger partial charge in [-0.15, -0.1) is 0 Å². The molecule has 0 radical (unpaired) electrons. The molecule has 0 saturated carbocycles. The van der Waals surface area contributed by atoms with Gasteiger partial charge in [-0.3, -0.25) is 0 Å². The van der Waals surface area contributed by atoms with E-state index in [0.717, 1.165) is 0 Å². The summed E-state index contributed by atoms with van der Waals surface area (Å²) < 4.78 is 28.3. The van der Waals surface area contributed by atoms with E-state index in [2.05, 4.69) is 4.74 Å². The summed E-state index contributed by atoms with van der Waals surface area (Å²) in [5.74, 6) is -1.20. The molecule has 0 aliphatic rings. The number of hydrogen-bond donors (Lipinski definition) is 2. The molecule has 6 heteroatoms. The van der Waals surface area contributed by atoms with E-state index >= 15 is 0 Å². The number of carbonyl (C=O) groups is 1. The van der Waals surface area contributed by atoms with Gasteiger partial charge in [0.05, 0.1) is 12.2 Å². The Morgan fingerprint density at radius 1 is 1.50 bits per heavy atom. The van der Waals surface area contributed by atoms with Crippen molar-refractivity contribution in [3.8, 4) is 0 Å². The first kappa shape index (κ1) is 12.4. The van der Waals surface area contributed by atoms with Crippen LogP contribution in [0.3, 0.4) is 0 Å². The fourth-order valence-electron chi connectivity index (χ4n) is 1.26. The summed E-state index contributed by atoms with van der Waals surface area (Å²) in [6.07, 6.45) is -2.57. The van der Waals surface area contributed by atoms with Crippen LogP contribution in [0.4, 0.5) is 14.5 Å². The number of alkyl halides is 2. The van der Waals surface area contributed by atoms with Crippen molar-refractivity contribution in [3.63, 3.8) is 0 Å². The highest BCUT2D eigenvalue weighted by Gasteiger charge is 2.14. The minimum atomic E-state index is -2.57. The van der Waals surface area contributed by atoms with E-state index in [1.54, 1.807) is 6.07 Å². The number of anilines is 1. The van der Waals surface area contributed by atoms with Gasteiger partial charge < -0.3 is 15.6 Å². The SMILES string of the molecule is Nc1cccc(COCC(F)F)c1C(=O)O. The maximum atomic E-state index is 11.8. The number of aromatic carboxylic acids is 1. The number of halogens is 2. The summed E-state index contributed by atoms with van der Waals surface area (Å²) >= 11 is 0. The Balaban J connectivity index is 2.79. The van der Waals surface area contributed by atoms with Gasteiger partial charge in [0, 0.05) is 5.69 Å². The summed E-state index contributed by atoms with van der Waals surface area (Å²) in [4.78, 5) is 10.9. The van der Waals surface area contributed by atoms with Crippen molar-refractivity contribution in [2.75, 3.05) is 12.3 Å². The molecule has 0 unspecified atom stereocenters. The van der Waals surface area contributed by atoms with E-state index in [1.807, 2.05) is 0 Å². The lowest BCUT2D eigenvalue weighted by molar-refractivity contribution is 0.00958. The molecule has 1 aromatic carbocycles. The fourth-order valence-corrected chi connectivity index (χ4v) is 1.26. The Morgan fingerprint density at radius 2 is 2.19 bits per heavy atom. The van der Waals surface area contributed by atoms with Crippen LogP contribution in [-0.4, -0.2) is 24.1 Å². The Hall–Kier alpha value is -1.69. The minimum Gasteiger partial charge on any atom is -0.478 e. The molecule has 0 atom stereocenters. The van der Waals surface area contributed by atoms with Crippen LogP contribution in [0.25, 0.3) is 0 Å². The normalized spacial score (nSPS) is 10.7. The number of carboxylic acid groups (broad SMARTS) is 1. The van der Waals surface area contributed by atoms with Crippen LogP contribution < -0.4 is 5.73 Å². The maximum absolute atomic E-state index is 11.8. The molecular weight excluding hydrogens is 220 g/mol.